The lowest BCUT2D eigenvalue weighted by Crippen LogP contribution is -2.45. The van der Waals surface area contributed by atoms with E-state index in [0.717, 1.165) is 17.5 Å². The number of nitrogens with zero attached hydrogens (tertiary/aromatic N) is 1. The predicted molar refractivity (Wildman–Crippen MR) is 77.9 cm³/mol. The third-order valence-corrected chi connectivity index (χ3v) is 5.60. The van der Waals surface area contributed by atoms with Crippen LogP contribution in [0.4, 0.5) is 0 Å². The predicted octanol–water partition coefficient (Wildman–Crippen LogP) is 1.25. The van der Waals surface area contributed by atoms with E-state index in [0.29, 0.717) is 31.1 Å². The summed E-state index contributed by atoms with van der Waals surface area (Å²) in [7, 11) is -3.46. The van der Waals surface area contributed by atoms with Crippen molar-refractivity contribution in [3.05, 3.63) is 29.3 Å². The van der Waals surface area contributed by atoms with Crippen LogP contribution in [0.5, 0.6) is 0 Å². The lowest BCUT2D eigenvalue weighted by atomic mass is 10.1. The molecule has 5 nitrogen and oxygen atoms in total. The van der Waals surface area contributed by atoms with Gasteiger partial charge in [-0.25, -0.2) is 8.42 Å². The summed E-state index contributed by atoms with van der Waals surface area (Å²) >= 11 is 0. The number of nitrogens with two attached hydrogens (primary N) is 1. The van der Waals surface area contributed by atoms with Crippen LogP contribution in [0, 0.1) is 6.92 Å². The summed E-state index contributed by atoms with van der Waals surface area (Å²) in [5, 5.41) is 0. The quantitative estimate of drug-likeness (QED) is 0.908. The maximum Gasteiger partial charge on any atom is 0.243 e. The van der Waals surface area contributed by atoms with Crippen LogP contribution in [0.3, 0.4) is 0 Å². The van der Waals surface area contributed by atoms with Crippen molar-refractivity contribution in [1.82, 2.24) is 4.31 Å². The Bertz CT molecular complexity index is 572. The minimum Gasteiger partial charge on any atom is -0.375 e. The molecule has 1 aliphatic rings. The van der Waals surface area contributed by atoms with Crippen molar-refractivity contribution in [2.75, 3.05) is 19.7 Å². The molecular weight excluding hydrogens is 276 g/mol. The Kier molecular flexibility index (Phi) is 4.80. The maximum atomic E-state index is 12.7. The Morgan fingerprint density at radius 1 is 1.45 bits per heavy atom. The molecule has 0 aromatic heterocycles. The van der Waals surface area contributed by atoms with Crippen molar-refractivity contribution >= 4 is 10.0 Å². The van der Waals surface area contributed by atoms with Crippen LogP contribution < -0.4 is 5.73 Å². The highest BCUT2D eigenvalue weighted by Gasteiger charge is 2.30. The van der Waals surface area contributed by atoms with Crippen LogP contribution in [0.15, 0.2) is 23.1 Å². The van der Waals surface area contributed by atoms with Crippen molar-refractivity contribution in [1.29, 1.82) is 0 Å². The fourth-order valence-corrected chi connectivity index (χ4v) is 3.84. The van der Waals surface area contributed by atoms with E-state index in [1.165, 1.54) is 4.31 Å². The second kappa shape index (κ2) is 6.22. The van der Waals surface area contributed by atoms with Crippen molar-refractivity contribution in [2.45, 2.75) is 37.8 Å². The molecule has 0 spiro atoms. The first-order valence-electron chi connectivity index (χ1n) is 6.90. The minimum atomic E-state index is -3.46. The standard InChI is InChI=1S/C14H22N2O3S/c1-3-13-10-16(6-7-19-13)20(17,18)14-5-4-11(2)12(8-14)9-15/h4-5,8,13H,3,6-7,9-10,15H2,1-2H3. The summed E-state index contributed by atoms with van der Waals surface area (Å²) in [4.78, 5) is 0.320. The van der Waals surface area contributed by atoms with Crippen LogP contribution in [-0.4, -0.2) is 38.5 Å². The van der Waals surface area contributed by atoms with E-state index >= 15 is 0 Å². The zero-order valence-electron chi connectivity index (χ0n) is 12.0. The van der Waals surface area contributed by atoms with Crippen molar-refractivity contribution < 1.29 is 13.2 Å². The van der Waals surface area contributed by atoms with E-state index in [1.54, 1.807) is 12.1 Å². The zero-order chi connectivity index (χ0) is 14.8. The van der Waals surface area contributed by atoms with Gasteiger partial charge in [-0.15, -0.1) is 0 Å². The molecule has 1 heterocycles. The van der Waals surface area contributed by atoms with Gasteiger partial charge >= 0.3 is 0 Å². The van der Waals surface area contributed by atoms with Gasteiger partial charge in [0, 0.05) is 19.6 Å². The van der Waals surface area contributed by atoms with Crippen LogP contribution in [0.1, 0.15) is 24.5 Å². The molecule has 2 N–H and O–H groups in total. The van der Waals surface area contributed by atoms with E-state index in [1.807, 2.05) is 19.9 Å². The van der Waals surface area contributed by atoms with Crippen molar-refractivity contribution in [2.24, 2.45) is 5.73 Å². The Hall–Kier alpha value is -0.950. The molecule has 6 heteroatoms. The van der Waals surface area contributed by atoms with Gasteiger partial charge in [-0.2, -0.15) is 4.31 Å². The third kappa shape index (κ3) is 3.03. The van der Waals surface area contributed by atoms with Gasteiger partial charge in [0.15, 0.2) is 0 Å². The van der Waals surface area contributed by atoms with Crippen LogP contribution in [0.2, 0.25) is 0 Å². The fraction of sp³-hybridized carbons (Fsp3) is 0.571. The lowest BCUT2D eigenvalue weighted by molar-refractivity contribution is -0.00278. The molecule has 0 amide bonds. The molecule has 0 aliphatic carbocycles. The number of morpholine rings is 1. The van der Waals surface area contributed by atoms with Crippen LogP contribution in [0.25, 0.3) is 0 Å². The average Bonchev–Trinajstić information content (AvgIpc) is 2.47. The lowest BCUT2D eigenvalue weighted by Gasteiger charge is -2.31. The summed E-state index contributed by atoms with van der Waals surface area (Å²) < 4.78 is 32.4. The first kappa shape index (κ1) is 15.4. The zero-order valence-corrected chi connectivity index (χ0v) is 12.8. The van der Waals surface area contributed by atoms with Gasteiger partial charge in [0.1, 0.15) is 0 Å². The molecule has 1 atom stereocenters. The first-order valence-corrected chi connectivity index (χ1v) is 8.34. The van der Waals surface area contributed by atoms with E-state index in [-0.39, 0.29) is 6.10 Å². The van der Waals surface area contributed by atoms with Gasteiger partial charge in [0.25, 0.3) is 0 Å². The van der Waals surface area contributed by atoms with Crippen molar-refractivity contribution in [3.63, 3.8) is 0 Å². The molecule has 0 saturated carbocycles. The number of rotatable bonds is 4. The van der Waals surface area contributed by atoms with E-state index in [9.17, 15) is 8.42 Å². The Morgan fingerprint density at radius 3 is 2.85 bits per heavy atom. The van der Waals surface area contributed by atoms with E-state index in [4.69, 9.17) is 10.5 Å². The topological polar surface area (TPSA) is 72.6 Å². The van der Waals surface area contributed by atoms with E-state index in [2.05, 4.69) is 0 Å². The van der Waals surface area contributed by atoms with E-state index < -0.39 is 10.0 Å². The van der Waals surface area contributed by atoms with Gasteiger partial charge in [0.05, 0.1) is 17.6 Å². The molecule has 0 bridgehead atoms. The van der Waals surface area contributed by atoms with Gasteiger partial charge in [-0.05, 0) is 36.6 Å². The van der Waals surface area contributed by atoms with Crippen LogP contribution >= 0.6 is 0 Å². The Balaban J connectivity index is 2.30. The molecule has 1 aromatic rings. The smallest absolute Gasteiger partial charge is 0.243 e. The van der Waals surface area contributed by atoms with Gasteiger partial charge in [-0.1, -0.05) is 13.0 Å². The number of benzene rings is 1. The normalized spacial score (nSPS) is 21.1. The fourth-order valence-electron chi connectivity index (χ4n) is 2.33. The number of aryl methyl sites for hydroxylation is 1. The molecule has 1 aliphatic heterocycles. The summed E-state index contributed by atoms with van der Waals surface area (Å²) in [5.74, 6) is 0. The average molecular weight is 298 g/mol. The number of hydrogen-bond donors (Lipinski definition) is 1. The summed E-state index contributed by atoms with van der Waals surface area (Å²) in [5.41, 5.74) is 7.54. The number of ether oxygens (including phenoxy) is 1. The molecule has 1 fully saturated rings. The Morgan fingerprint density at radius 2 is 2.20 bits per heavy atom. The number of sulfonamides is 1. The Labute approximate surface area is 120 Å². The SMILES string of the molecule is CCC1CN(S(=O)(=O)c2ccc(C)c(CN)c2)CCO1. The monoisotopic (exact) mass is 298 g/mol. The summed E-state index contributed by atoms with van der Waals surface area (Å²) in [6.07, 6.45) is 0.798. The highest BCUT2D eigenvalue weighted by molar-refractivity contribution is 7.89. The summed E-state index contributed by atoms with van der Waals surface area (Å²) in [6.45, 7) is 5.55. The van der Waals surface area contributed by atoms with Gasteiger partial charge in [0.2, 0.25) is 10.0 Å². The molecule has 1 saturated heterocycles. The third-order valence-electron chi connectivity index (χ3n) is 3.74. The largest absolute Gasteiger partial charge is 0.375 e. The molecule has 2 rings (SSSR count). The first-order chi connectivity index (χ1) is 9.48. The summed E-state index contributed by atoms with van der Waals surface area (Å²) in [6, 6.07) is 5.15. The second-order valence-electron chi connectivity index (χ2n) is 5.06. The van der Waals surface area contributed by atoms with Crippen molar-refractivity contribution in [3.8, 4) is 0 Å². The van der Waals surface area contributed by atoms with Crippen LogP contribution in [-0.2, 0) is 21.3 Å². The molecule has 112 valence electrons. The second-order valence-corrected chi connectivity index (χ2v) is 6.99. The highest BCUT2D eigenvalue weighted by atomic mass is 32.2. The number of hydrogen-bond acceptors (Lipinski definition) is 4. The molecular formula is C14H22N2O3S. The van der Waals surface area contributed by atoms with Gasteiger partial charge in [-0.3, -0.25) is 0 Å². The molecule has 1 aromatic carbocycles. The minimum absolute atomic E-state index is 0.0158. The maximum absolute atomic E-state index is 12.7. The molecule has 1 unspecified atom stereocenters. The molecule has 20 heavy (non-hydrogen) atoms. The van der Waals surface area contributed by atoms with Gasteiger partial charge < -0.3 is 10.5 Å². The highest BCUT2D eigenvalue weighted by Crippen LogP contribution is 2.22. The molecule has 0 radical (unpaired) electrons.